The average Bonchev–Trinajstić information content (AvgIpc) is 2.06. The van der Waals surface area contributed by atoms with E-state index in [1.807, 2.05) is 0 Å². The third kappa shape index (κ3) is 2.92. The van der Waals surface area contributed by atoms with Gasteiger partial charge in [-0.05, 0) is 39.2 Å². The molecular formula is C9H20ClNO. The second kappa shape index (κ2) is 5.05. The van der Waals surface area contributed by atoms with Gasteiger partial charge in [0.15, 0.2) is 0 Å². The minimum atomic E-state index is 0. The van der Waals surface area contributed by atoms with Crippen molar-refractivity contribution in [3.8, 4) is 0 Å². The number of hydrogen-bond donors (Lipinski definition) is 1. The first-order valence-corrected chi connectivity index (χ1v) is 4.42. The zero-order valence-corrected chi connectivity index (χ0v) is 9.04. The third-order valence-corrected chi connectivity index (χ3v) is 2.81. The van der Waals surface area contributed by atoms with Crippen molar-refractivity contribution in [2.75, 3.05) is 20.2 Å². The topological polar surface area (TPSA) is 21.3 Å². The zero-order chi connectivity index (χ0) is 8.32. The summed E-state index contributed by atoms with van der Waals surface area (Å²) in [5, 5.41) is 3.40. The van der Waals surface area contributed by atoms with Gasteiger partial charge in [-0.1, -0.05) is 0 Å². The average molecular weight is 194 g/mol. The van der Waals surface area contributed by atoms with Gasteiger partial charge >= 0.3 is 0 Å². The molecule has 1 atom stereocenters. The van der Waals surface area contributed by atoms with E-state index in [9.17, 15) is 0 Å². The van der Waals surface area contributed by atoms with E-state index in [1.165, 1.54) is 19.4 Å². The number of methoxy groups -OCH3 is 1. The Hall–Kier alpha value is 0.210. The Kier molecular flexibility index (Phi) is 5.14. The summed E-state index contributed by atoms with van der Waals surface area (Å²) in [5.41, 5.74) is 0.0490. The maximum Gasteiger partial charge on any atom is 0.0662 e. The number of nitrogens with one attached hydrogen (secondary N) is 1. The van der Waals surface area contributed by atoms with Gasteiger partial charge in [-0.3, -0.25) is 0 Å². The summed E-state index contributed by atoms with van der Waals surface area (Å²) in [7, 11) is 1.80. The molecule has 0 saturated carbocycles. The van der Waals surface area contributed by atoms with Crippen LogP contribution >= 0.6 is 12.4 Å². The lowest BCUT2D eigenvalue weighted by Gasteiger charge is -2.36. The van der Waals surface area contributed by atoms with Crippen LogP contribution in [0.3, 0.4) is 0 Å². The lowest BCUT2D eigenvalue weighted by Crippen LogP contribution is -2.43. The Morgan fingerprint density at radius 1 is 1.42 bits per heavy atom. The van der Waals surface area contributed by atoms with E-state index in [4.69, 9.17) is 4.74 Å². The minimum absolute atomic E-state index is 0. The van der Waals surface area contributed by atoms with Gasteiger partial charge < -0.3 is 10.1 Å². The van der Waals surface area contributed by atoms with Gasteiger partial charge in [0.2, 0.25) is 0 Å². The Labute approximate surface area is 81.5 Å². The van der Waals surface area contributed by atoms with Crippen molar-refractivity contribution in [3.05, 3.63) is 0 Å². The highest BCUT2D eigenvalue weighted by atomic mass is 35.5. The van der Waals surface area contributed by atoms with Crippen LogP contribution in [0.15, 0.2) is 0 Å². The van der Waals surface area contributed by atoms with Crippen LogP contribution in [-0.4, -0.2) is 25.8 Å². The van der Waals surface area contributed by atoms with Crippen LogP contribution in [0.5, 0.6) is 0 Å². The molecular weight excluding hydrogens is 174 g/mol. The highest BCUT2D eigenvalue weighted by Gasteiger charge is 2.29. The second-order valence-corrected chi connectivity index (χ2v) is 3.85. The molecule has 1 N–H and O–H groups in total. The van der Waals surface area contributed by atoms with Crippen molar-refractivity contribution in [3.63, 3.8) is 0 Å². The SMILES string of the molecule is COC(C)(C)[C@H]1CCCNC1.Cl. The monoisotopic (exact) mass is 193 g/mol. The first kappa shape index (κ1) is 12.2. The van der Waals surface area contributed by atoms with Crippen molar-refractivity contribution in [1.29, 1.82) is 0 Å². The van der Waals surface area contributed by atoms with Crippen LogP contribution in [0.4, 0.5) is 0 Å². The molecule has 0 spiro atoms. The smallest absolute Gasteiger partial charge is 0.0662 e. The predicted molar refractivity (Wildman–Crippen MR) is 53.9 cm³/mol. The molecule has 0 aromatic heterocycles. The molecule has 0 aromatic carbocycles. The molecule has 0 radical (unpaired) electrons. The summed E-state index contributed by atoms with van der Waals surface area (Å²) < 4.78 is 5.44. The van der Waals surface area contributed by atoms with Gasteiger partial charge in [-0.15, -0.1) is 12.4 Å². The fourth-order valence-electron chi connectivity index (χ4n) is 1.61. The molecule has 12 heavy (non-hydrogen) atoms. The number of piperidine rings is 1. The summed E-state index contributed by atoms with van der Waals surface area (Å²) in [6.07, 6.45) is 2.59. The minimum Gasteiger partial charge on any atom is -0.378 e. The van der Waals surface area contributed by atoms with Crippen LogP contribution in [0.2, 0.25) is 0 Å². The Morgan fingerprint density at radius 3 is 2.50 bits per heavy atom. The first-order valence-electron chi connectivity index (χ1n) is 4.42. The Morgan fingerprint density at radius 2 is 2.08 bits per heavy atom. The molecule has 3 heteroatoms. The highest BCUT2D eigenvalue weighted by Crippen LogP contribution is 2.25. The molecule has 0 aliphatic carbocycles. The van der Waals surface area contributed by atoms with Crippen LogP contribution < -0.4 is 5.32 Å². The van der Waals surface area contributed by atoms with Crippen molar-refractivity contribution < 1.29 is 4.74 Å². The molecule has 1 fully saturated rings. The van der Waals surface area contributed by atoms with Crippen LogP contribution in [-0.2, 0) is 4.74 Å². The number of halogens is 1. The molecule has 1 aliphatic heterocycles. The summed E-state index contributed by atoms with van der Waals surface area (Å²) in [6.45, 7) is 6.63. The zero-order valence-electron chi connectivity index (χ0n) is 8.22. The fraction of sp³-hybridized carbons (Fsp3) is 1.00. The first-order chi connectivity index (χ1) is 5.17. The van der Waals surface area contributed by atoms with E-state index in [2.05, 4.69) is 19.2 Å². The largest absolute Gasteiger partial charge is 0.378 e. The normalized spacial score (nSPS) is 24.8. The Bertz CT molecular complexity index is 122. The molecule has 0 unspecified atom stereocenters. The number of ether oxygens (including phenoxy) is 1. The molecule has 2 nitrogen and oxygen atoms in total. The van der Waals surface area contributed by atoms with E-state index in [1.54, 1.807) is 7.11 Å². The van der Waals surface area contributed by atoms with Gasteiger partial charge in [0.05, 0.1) is 5.60 Å². The van der Waals surface area contributed by atoms with Crippen LogP contribution in [0.1, 0.15) is 26.7 Å². The van der Waals surface area contributed by atoms with Gasteiger partial charge in [0.25, 0.3) is 0 Å². The van der Waals surface area contributed by atoms with Crippen molar-refractivity contribution >= 4 is 12.4 Å². The van der Waals surface area contributed by atoms with E-state index < -0.39 is 0 Å². The van der Waals surface area contributed by atoms with Gasteiger partial charge in [0, 0.05) is 13.7 Å². The third-order valence-electron chi connectivity index (χ3n) is 2.81. The lowest BCUT2D eigenvalue weighted by molar-refractivity contribution is -0.0351. The maximum atomic E-state index is 5.44. The molecule has 1 rings (SSSR count). The van der Waals surface area contributed by atoms with Gasteiger partial charge in [0.1, 0.15) is 0 Å². The fourth-order valence-corrected chi connectivity index (χ4v) is 1.61. The summed E-state index contributed by atoms with van der Waals surface area (Å²) >= 11 is 0. The van der Waals surface area contributed by atoms with Crippen LogP contribution in [0, 0.1) is 5.92 Å². The maximum absolute atomic E-state index is 5.44. The molecule has 1 saturated heterocycles. The number of hydrogen-bond acceptors (Lipinski definition) is 2. The summed E-state index contributed by atoms with van der Waals surface area (Å²) in [5.74, 6) is 0.682. The van der Waals surface area contributed by atoms with Crippen molar-refractivity contribution in [1.82, 2.24) is 5.32 Å². The predicted octanol–water partition coefficient (Wildman–Crippen LogP) is 1.83. The van der Waals surface area contributed by atoms with Gasteiger partial charge in [-0.25, -0.2) is 0 Å². The molecule has 0 bridgehead atoms. The van der Waals surface area contributed by atoms with E-state index in [0.29, 0.717) is 5.92 Å². The molecule has 1 heterocycles. The molecule has 0 aromatic rings. The second-order valence-electron chi connectivity index (χ2n) is 3.85. The molecule has 0 amide bonds. The van der Waals surface area contributed by atoms with Crippen LogP contribution in [0.25, 0.3) is 0 Å². The van der Waals surface area contributed by atoms with Crippen molar-refractivity contribution in [2.45, 2.75) is 32.3 Å². The van der Waals surface area contributed by atoms with Gasteiger partial charge in [-0.2, -0.15) is 0 Å². The Balaban J connectivity index is 0.00000121. The quantitative estimate of drug-likeness (QED) is 0.723. The highest BCUT2D eigenvalue weighted by molar-refractivity contribution is 5.85. The molecule has 74 valence electrons. The summed E-state index contributed by atoms with van der Waals surface area (Å²) in [4.78, 5) is 0. The lowest BCUT2D eigenvalue weighted by atomic mass is 9.85. The van der Waals surface area contributed by atoms with E-state index >= 15 is 0 Å². The number of rotatable bonds is 2. The standard InChI is InChI=1S/C9H19NO.ClH/c1-9(2,11-3)8-5-4-6-10-7-8;/h8,10H,4-7H2,1-3H3;1H/t8-;/m0./s1. The molecule has 1 aliphatic rings. The van der Waals surface area contributed by atoms with E-state index in [-0.39, 0.29) is 18.0 Å². The van der Waals surface area contributed by atoms with E-state index in [0.717, 1.165) is 6.54 Å². The summed E-state index contributed by atoms with van der Waals surface area (Å²) in [6, 6.07) is 0. The van der Waals surface area contributed by atoms with Crippen molar-refractivity contribution in [2.24, 2.45) is 5.92 Å².